The molecule has 21 nitrogen and oxygen atoms in total. The van der Waals surface area contributed by atoms with Crippen molar-refractivity contribution in [2.45, 2.75) is 126 Å². The number of aromatic amines is 1. The Labute approximate surface area is 502 Å². The highest BCUT2D eigenvalue weighted by Crippen LogP contribution is 2.54. The van der Waals surface area contributed by atoms with E-state index in [0.717, 1.165) is 119 Å². The first-order valence-electron chi connectivity index (χ1n) is 30.6. The summed E-state index contributed by atoms with van der Waals surface area (Å²) in [6.07, 6.45) is 11.0. The van der Waals surface area contributed by atoms with Crippen molar-refractivity contribution in [1.29, 1.82) is 0 Å². The van der Waals surface area contributed by atoms with E-state index in [9.17, 15) is 28.4 Å². The zero-order valence-electron chi connectivity index (χ0n) is 49.6. The van der Waals surface area contributed by atoms with Crippen molar-refractivity contribution in [1.82, 2.24) is 29.5 Å². The van der Waals surface area contributed by atoms with Crippen LogP contribution in [0.3, 0.4) is 0 Å². The monoisotopic (exact) mass is 1190 g/mol. The van der Waals surface area contributed by atoms with Crippen LogP contribution in [0.5, 0.6) is 11.6 Å². The molecule has 3 aromatic carbocycles. The summed E-state index contributed by atoms with van der Waals surface area (Å²) in [5, 5.41) is 26.9. The Hall–Kier alpha value is -7.08. The number of morpholine rings is 1. The van der Waals surface area contributed by atoms with Crippen molar-refractivity contribution >= 4 is 61.2 Å². The fraction of sp³-hybridized carbons (Fsp3) is 0.516. The van der Waals surface area contributed by atoms with Gasteiger partial charge in [0.15, 0.2) is 11.6 Å². The number of hydrogen-bond donors (Lipinski definition) is 4. The third-order valence-electron chi connectivity index (χ3n) is 19.8. The number of piperidine rings is 1. The number of fused-ring (bicyclic) bond motifs is 3. The van der Waals surface area contributed by atoms with Gasteiger partial charge in [-0.3, -0.25) is 24.7 Å². The summed E-state index contributed by atoms with van der Waals surface area (Å²) in [6.45, 7) is 14.7. The number of sulfonamides is 1. The van der Waals surface area contributed by atoms with E-state index >= 15 is 0 Å². The number of aromatic nitrogens is 3. The molecule has 456 valence electrons. The average molecular weight is 1190 g/mol. The number of anilines is 5. The number of amides is 1. The van der Waals surface area contributed by atoms with Gasteiger partial charge in [0.1, 0.15) is 23.1 Å². The van der Waals surface area contributed by atoms with Gasteiger partial charge in [-0.2, -0.15) is 4.98 Å². The third-order valence-corrected chi connectivity index (χ3v) is 21.1. The van der Waals surface area contributed by atoms with Crippen LogP contribution in [0.1, 0.15) is 105 Å². The molecule has 1 amide bonds. The van der Waals surface area contributed by atoms with Crippen LogP contribution in [-0.2, 0) is 26.0 Å². The van der Waals surface area contributed by atoms with Crippen LogP contribution in [0.2, 0.25) is 0 Å². The Morgan fingerprint density at radius 3 is 2.51 bits per heavy atom. The molecule has 6 aromatic rings. The van der Waals surface area contributed by atoms with E-state index in [-0.39, 0.29) is 40.7 Å². The number of nitrogens with zero attached hydrogens (tertiary/aromatic N) is 8. The summed E-state index contributed by atoms with van der Waals surface area (Å²) in [7, 11) is -2.92. The Balaban J connectivity index is 0.735. The molecule has 4 atom stereocenters. The summed E-state index contributed by atoms with van der Waals surface area (Å²) in [4.78, 5) is 51.4. The highest BCUT2D eigenvalue weighted by molar-refractivity contribution is 7.90. The van der Waals surface area contributed by atoms with Crippen molar-refractivity contribution in [3.05, 3.63) is 124 Å². The van der Waals surface area contributed by atoms with E-state index in [1.54, 1.807) is 13.2 Å². The lowest BCUT2D eigenvalue weighted by Gasteiger charge is -2.58. The van der Waals surface area contributed by atoms with Crippen molar-refractivity contribution < 1.29 is 42.2 Å². The molecule has 5 aliphatic heterocycles. The number of aryl methyl sites for hydroxylation is 1. The average Bonchev–Trinajstić information content (AvgIpc) is 1.55. The van der Waals surface area contributed by atoms with Gasteiger partial charge in [0.05, 0.1) is 65.7 Å². The van der Waals surface area contributed by atoms with Crippen LogP contribution in [0, 0.1) is 28.4 Å². The van der Waals surface area contributed by atoms with Gasteiger partial charge in [-0.25, -0.2) is 18.1 Å². The minimum absolute atomic E-state index is 0.107. The molecule has 7 aliphatic rings. The molecule has 22 heteroatoms. The van der Waals surface area contributed by atoms with Gasteiger partial charge >= 0.3 is 0 Å². The quantitative estimate of drug-likeness (QED) is 0.0555. The molecule has 6 fully saturated rings. The predicted octanol–water partition coefficient (Wildman–Crippen LogP) is 8.88. The molecule has 13 rings (SSSR count). The standard InChI is InChI=1S/C64H79N11O10S/c1-41-7-5-6-8-49(41)56-38-70(37-44-29-57(82-4)60(67-36-44)72-26-28-84-39-42(72)2)24-25-73(56)47-33-64(34-47)19-22-71(23-20-64)46-9-11-50(53(31-46)74-52-16-27-83-40-58(52)85-62-55(74)30-45-15-21-65-59(45)68-62)61(76)69-86(80,81)48-10-12-51(54(32-48)75(78)79)66-35-43-13-17-63(3,77)18-14-43/h5-12,15,21,29-32,36,42-43,47,52,56,58,66,77H,13-14,16-20,22-28,33-35,37-40H2,1-4H3,(H,65,68)(H,69,76)/t42-,43-,52-,56-,58-,63-/m0/s1. The van der Waals surface area contributed by atoms with E-state index < -0.39 is 43.1 Å². The van der Waals surface area contributed by atoms with Gasteiger partial charge in [0.25, 0.3) is 21.6 Å². The minimum atomic E-state index is -4.65. The van der Waals surface area contributed by atoms with E-state index in [4.69, 9.17) is 28.9 Å². The Morgan fingerprint density at radius 1 is 0.930 bits per heavy atom. The lowest BCUT2D eigenvalue weighted by molar-refractivity contribution is -0.384. The maximum absolute atomic E-state index is 14.9. The number of carbonyl (C=O) groups excluding carboxylic acids is 1. The van der Waals surface area contributed by atoms with Gasteiger partial charge in [0.2, 0.25) is 5.88 Å². The lowest BCUT2D eigenvalue weighted by atomic mass is 9.59. The van der Waals surface area contributed by atoms with E-state index in [2.05, 4.69) is 83.7 Å². The first-order chi connectivity index (χ1) is 41.5. The summed E-state index contributed by atoms with van der Waals surface area (Å²) >= 11 is 0. The molecule has 2 saturated carbocycles. The van der Waals surface area contributed by atoms with Crippen LogP contribution in [0.15, 0.2) is 96.2 Å². The maximum atomic E-state index is 14.9. The van der Waals surface area contributed by atoms with E-state index in [1.807, 2.05) is 43.6 Å². The molecular weight excluding hydrogens is 1110 g/mol. The minimum Gasteiger partial charge on any atom is -0.493 e. The Bertz CT molecular complexity index is 3610. The van der Waals surface area contributed by atoms with Crippen LogP contribution < -0.4 is 34.2 Å². The van der Waals surface area contributed by atoms with Gasteiger partial charge in [-0.15, -0.1) is 0 Å². The molecule has 8 heterocycles. The SMILES string of the molecule is COc1cc(CN2CCN(C3CC4(CCN(c5ccc(C(=O)NS(=O)(=O)c6ccc(NC[C@H]7CC[C@](C)(O)CC7)c([N+](=O)[O-])c6)c(N6c7cc8cc[nH]c8nc7O[C@H]7COCC[C@@H]76)c5)CC4)C3)[C@H](c3ccccc3C)C2)cnc1N1CCOC[C@@H]1C. The normalized spacial score (nSPS) is 25.5. The smallest absolute Gasteiger partial charge is 0.293 e. The Kier molecular flexibility index (Phi) is 15.9. The number of hydrogen-bond acceptors (Lipinski definition) is 18. The molecule has 4 saturated heterocycles. The highest BCUT2D eigenvalue weighted by atomic mass is 32.2. The molecule has 2 aliphatic carbocycles. The predicted molar refractivity (Wildman–Crippen MR) is 328 cm³/mol. The number of aliphatic hydroxyl groups is 1. The molecule has 3 aromatic heterocycles. The van der Waals surface area contributed by atoms with Crippen molar-refractivity contribution in [2.75, 3.05) is 99.4 Å². The number of ether oxygens (including phenoxy) is 4. The van der Waals surface area contributed by atoms with Crippen molar-refractivity contribution in [2.24, 2.45) is 11.3 Å². The largest absolute Gasteiger partial charge is 0.493 e. The van der Waals surface area contributed by atoms with Crippen LogP contribution in [-0.4, -0.2) is 158 Å². The second-order valence-corrected chi connectivity index (χ2v) is 27.1. The van der Waals surface area contributed by atoms with Crippen LogP contribution >= 0.6 is 0 Å². The third kappa shape index (κ3) is 11.6. The second-order valence-electron chi connectivity index (χ2n) is 25.5. The zero-order valence-corrected chi connectivity index (χ0v) is 50.4. The van der Waals surface area contributed by atoms with Crippen LogP contribution in [0.25, 0.3) is 11.0 Å². The van der Waals surface area contributed by atoms with Crippen molar-refractivity contribution in [3.63, 3.8) is 0 Å². The molecule has 0 radical (unpaired) electrons. The van der Waals surface area contributed by atoms with Crippen LogP contribution in [0.4, 0.5) is 34.3 Å². The van der Waals surface area contributed by atoms with Gasteiger partial charge in [-0.05, 0) is 155 Å². The summed E-state index contributed by atoms with van der Waals surface area (Å²) in [5.41, 5.74) is 5.82. The number of H-pyrrole nitrogens is 1. The summed E-state index contributed by atoms with van der Waals surface area (Å²) in [5.74, 6) is 1.33. The topological polar surface area (TPSA) is 233 Å². The second kappa shape index (κ2) is 23.5. The highest BCUT2D eigenvalue weighted by Gasteiger charge is 2.50. The molecule has 4 N–H and O–H groups in total. The molecule has 86 heavy (non-hydrogen) atoms. The van der Waals surface area contributed by atoms with E-state index in [0.29, 0.717) is 81.2 Å². The van der Waals surface area contributed by atoms with Crippen molar-refractivity contribution in [3.8, 4) is 11.6 Å². The molecular formula is C64H79N11O10S. The first kappa shape index (κ1) is 58.0. The van der Waals surface area contributed by atoms with Gasteiger partial charge in [0, 0.05) is 101 Å². The number of methoxy groups -OCH3 is 1. The van der Waals surface area contributed by atoms with Gasteiger partial charge < -0.3 is 49.1 Å². The zero-order chi connectivity index (χ0) is 59.5. The number of carbonyl (C=O) groups is 1. The number of pyridine rings is 2. The number of nitrogens with one attached hydrogen (secondary N) is 3. The molecule has 0 bridgehead atoms. The van der Waals surface area contributed by atoms with Gasteiger partial charge in [-0.1, -0.05) is 24.3 Å². The maximum Gasteiger partial charge on any atom is 0.293 e. The number of benzene rings is 3. The summed E-state index contributed by atoms with van der Waals surface area (Å²) < 4.78 is 55.1. The molecule has 1 spiro atoms. The number of piperazine rings is 1. The first-order valence-corrected chi connectivity index (χ1v) is 32.1. The fourth-order valence-corrected chi connectivity index (χ4v) is 15.7. The lowest BCUT2D eigenvalue weighted by Crippen LogP contribution is -2.59. The number of nitro benzene ring substituents is 1. The number of rotatable bonds is 15. The fourth-order valence-electron chi connectivity index (χ4n) is 14.8. The number of nitro groups is 1. The van der Waals surface area contributed by atoms with E-state index in [1.165, 1.54) is 23.3 Å². The molecule has 0 unspecified atom stereocenters. The summed E-state index contributed by atoms with van der Waals surface area (Å²) in [6, 6.07) is 24.8. The Morgan fingerprint density at radius 2 is 1.73 bits per heavy atom.